The van der Waals surface area contributed by atoms with Crippen molar-refractivity contribution in [1.29, 1.82) is 0 Å². The fraction of sp³-hybridized carbons (Fsp3) is 0.562. The number of alkyl halides is 3. The molecular formula is C16H20F3NO. The number of benzene rings is 1. The standard InChI is InChI=1S/C16H20F3NO/c1-11(12-8-9-12)20(2)15(21)10-14(16(17,18)19)13-6-4-3-5-7-13/h3-7,11-12,14H,8-10H2,1-2H3/t11-,14+/m0/s1. The molecule has 0 N–H and O–H groups in total. The Balaban J connectivity index is 2.10. The number of halogens is 3. The summed E-state index contributed by atoms with van der Waals surface area (Å²) in [7, 11) is 1.60. The van der Waals surface area contributed by atoms with E-state index >= 15 is 0 Å². The minimum atomic E-state index is -4.42. The maximum Gasteiger partial charge on any atom is 0.396 e. The Morgan fingerprint density at radius 3 is 2.33 bits per heavy atom. The average Bonchev–Trinajstić information content (AvgIpc) is 3.27. The summed E-state index contributed by atoms with van der Waals surface area (Å²) in [4.78, 5) is 13.6. The van der Waals surface area contributed by atoms with Crippen LogP contribution in [0.25, 0.3) is 0 Å². The predicted octanol–water partition coefficient (Wildman–Crippen LogP) is 3.98. The summed E-state index contributed by atoms with van der Waals surface area (Å²) in [5.74, 6) is -1.74. The lowest BCUT2D eigenvalue weighted by molar-refractivity contribution is -0.161. The van der Waals surface area contributed by atoms with Crippen LogP contribution in [-0.4, -0.2) is 30.1 Å². The molecule has 1 amide bonds. The third kappa shape index (κ3) is 3.99. The molecule has 0 bridgehead atoms. The molecular weight excluding hydrogens is 279 g/mol. The van der Waals surface area contributed by atoms with Gasteiger partial charge in [-0.1, -0.05) is 30.3 Å². The van der Waals surface area contributed by atoms with Gasteiger partial charge < -0.3 is 4.90 Å². The van der Waals surface area contributed by atoms with E-state index in [2.05, 4.69) is 0 Å². The topological polar surface area (TPSA) is 20.3 Å². The fourth-order valence-electron chi connectivity index (χ4n) is 2.55. The number of carbonyl (C=O) groups excluding carboxylic acids is 1. The summed E-state index contributed by atoms with van der Waals surface area (Å²) in [6.07, 6.45) is -2.83. The van der Waals surface area contributed by atoms with E-state index in [1.807, 2.05) is 6.92 Å². The van der Waals surface area contributed by atoms with Crippen molar-refractivity contribution >= 4 is 5.91 Å². The van der Waals surface area contributed by atoms with E-state index in [-0.39, 0.29) is 11.6 Å². The van der Waals surface area contributed by atoms with E-state index < -0.39 is 24.4 Å². The van der Waals surface area contributed by atoms with E-state index in [0.717, 1.165) is 12.8 Å². The molecule has 0 unspecified atom stereocenters. The van der Waals surface area contributed by atoms with Crippen LogP contribution in [0.15, 0.2) is 30.3 Å². The zero-order valence-corrected chi connectivity index (χ0v) is 12.2. The first-order chi connectivity index (χ1) is 9.80. The van der Waals surface area contributed by atoms with Gasteiger partial charge in [0.2, 0.25) is 5.91 Å². The maximum absolute atomic E-state index is 13.2. The molecule has 21 heavy (non-hydrogen) atoms. The first-order valence-corrected chi connectivity index (χ1v) is 7.18. The van der Waals surface area contributed by atoms with Crippen LogP contribution in [0.4, 0.5) is 13.2 Å². The summed E-state index contributed by atoms with van der Waals surface area (Å²) in [6, 6.07) is 7.66. The molecule has 116 valence electrons. The SMILES string of the molecule is C[C@@H](C1CC1)N(C)C(=O)C[C@H](c1ccccc1)C(F)(F)F. The van der Waals surface area contributed by atoms with Crippen molar-refractivity contribution in [1.82, 2.24) is 4.90 Å². The quantitative estimate of drug-likeness (QED) is 0.805. The molecule has 0 heterocycles. The van der Waals surface area contributed by atoms with Crippen LogP contribution in [0, 0.1) is 5.92 Å². The van der Waals surface area contributed by atoms with Crippen LogP contribution in [0.5, 0.6) is 0 Å². The van der Waals surface area contributed by atoms with E-state index in [4.69, 9.17) is 0 Å². The Morgan fingerprint density at radius 1 is 1.29 bits per heavy atom. The van der Waals surface area contributed by atoms with Crippen molar-refractivity contribution in [2.75, 3.05) is 7.05 Å². The highest BCUT2D eigenvalue weighted by Gasteiger charge is 2.43. The molecule has 2 nitrogen and oxygen atoms in total. The molecule has 0 spiro atoms. The highest BCUT2D eigenvalue weighted by Crippen LogP contribution is 2.39. The minimum Gasteiger partial charge on any atom is -0.343 e. The Kier molecular flexibility index (Phi) is 4.59. The highest BCUT2D eigenvalue weighted by molar-refractivity contribution is 5.77. The van der Waals surface area contributed by atoms with Gasteiger partial charge in [-0.25, -0.2) is 0 Å². The average molecular weight is 299 g/mol. The van der Waals surface area contributed by atoms with Gasteiger partial charge >= 0.3 is 6.18 Å². The van der Waals surface area contributed by atoms with E-state index in [1.165, 1.54) is 17.0 Å². The number of hydrogen-bond donors (Lipinski definition) is 0. The van der Waals surface area contributed by atoms with Crippen LogP contribution in [0.3, 0.4) is 0 Å². The van der Waals surface area contributed by atoms with Gasteiger partial charge in [-0.3, -0.25) is 4.79 Å². The first-order valence-electron chi connectivity index (χ1n) is 7.18. The zero-order chi connectivity index (χ0) is 15.6. The second kappa shape index (κ2) is 6.08. The Hall–Kier alpha value is -1.52. The van der Waals surface area contributed by atoms with E-state index in [0.29, 0.717) is 5.92 Å². The maximum atomic E-state index is 13.2. The molecule has 1 saturated carbocycles. The van der Waals surface area contributed by atoms with Gasteiger partial charge in [0, 0.05) is 19.5 Å². The number of rotatable bonds is 5. The Morgan fingerprint density at radius 2 is 1.86 bits per heavy atom. The monoisotopic (exact) mass is 299 g/mol. The lowest BCUT2D eigenvalue weighted by Crippen LogP contribution is -2.38. The minimum absolute atomic E-state index is 0.0159. The molecule has 1 aliphatic carbocycles. The third-order valence-corrected chi connectivity index (χ3v) is 4.28. The molecule has 2 atom stereocenters. The summed E-state index contributed by atoms with van der Waals surface area (Å²) < 4.78 is 39.7. The molecule has 1 fully saturated rings. The van der Waals surface area contributed by atoms with Gasteiger partial charge in [0.15, 0.2) is 0 Å². The Labute approximate surface area is 122 Å². The predicted molar refractivity (Wildman–Crippen MR) is 74.8 cm³/mol. The molecule has 1 aliphatic rings. The molecule has 0 saturated heterocycles. The van der Waals surface area contributed by atoms with Crippen molar-refractivity contribution < 1.29 is 18.0 Å². The smallest absolute Gasteiger partial charge is 0.343 e. The highest BCUT2D eigenvalue weighted by atomic mass is 19.4. The third-order valence-electron chi connectivity index (χ3n) is 4.28. The van der Waals surface area contributed by atoms with Crippen molar-refractivity contribution in [3.63, 3.8) is 0 Å². The largest absolute Gasteiger partial charge is 0.396 e. The molecule has 1 aromatic rings. The lowest BCUT2D eigenvalue weighted by atomic mass is 9.94. The van der Waals surface area contributed by atoms with Gasteiger partial charge in [-0.05, 0) is 31.2 Å². The fourth-order valence-corrected chi connectivity index (χ4v) is 2.55. The van der Waals surface area contributed by atoms with E-state index in [9.17, 15) is 18.0 Å². The number of amides is 1. The molecule has 0 aliphatic heterocycles. The summed E-state index contributed by atoms with van der Waals surface area (Å²) >= 11 is 0. The number of nitrogens with zero attached hydrogens (tertiary/aromatic N) is 1. The molecule has 5 heteroatoms. The van der Waals surface area contributed by atoms with E-state index in [1.54, 1.807) is 25.2 Å². The van der Waals surface area contributed by atoms with Gasteiger partial charge in [0.1, 0.15) is 0 Å². The molecule has 0 aromatic heterocycles. The first kappa shape index (κ1) is 15.9. The molecule has 1 aromatic carbocycles. The van der Waals surface area contributed by atoms with Crippen molar-refractivity contribution in [3.05, 3.63) is 35.9 Å². The van der Waals surface area contributed by atoms with Crippen molar-refractivity contribution in [2.24, 2.45) is 5.92 Å². The van der Waals surface area contributed by atoms with Crippen LogP contribution < -0.4 is 0 Å². The Bertz CT molecular complexity index is 482. The summed E-state index contributed by atoms with van der Waals surface area (Å²) in [6.45, 7) is 1.90. The lowest BCUT2D eigenvalue weighted by Gasteiger charge is -2.28. The second-order valence-electron chi connectivity index (χ2n) is 5.79. The number of carbonyl (C=O) groups is 1. The van der Waals surface area contributed by atoms with Crippen LogP contribution in [-0.2, 0) is 4.79 Å². The second-order valence-corrected chi connectivity index (χ2v) is 5.79. The number of hydrogen-bond acceptors (Lipinski definition) is 1. The van der Waals surface area contributed by atoms with Gasteiger partial charge in [-0.2, -0.15) is 13.2 Å². The van der Waals surface area contributed by atoms with Gasteiger partial charge in [0.25, 0.3) is 0 Å². The van der Waals surface area contributed by atoms with Crippen LogP contribution in [0.1, 0.15) is 37.7 Å². The van der Waals surface area contributed by atoms with Crippen molar-refractivity contribution in [3.8, 4) is 0 Å². The summed E-state index contributed by atoms with van der Waals surface area (Å²) in [5.41, 5.74) is 0.144. The van der Waals surface area contributed by atoms with Crippen molar-refractivity contribution in [2.45, 2.75) is 44.3 Å². The molecule has 0 radical (unpaired) electrons. The van der Waals surface area contributed by atoms with Crippen LogP contribution in [0.2, 0.25) is 0 Å². The van der Waals surface area contributed by atoms with Crippen LogP contribution >= 0.6 is 0 Å². The normalized spacial score (nSPS) is 18.1. The van der Waals surface area contributed by atoms with Gasteiger partial charge in [0.05, 0.1) is 5.92 Å². The zero-order valence-electron chi connectivity index (χ0n) is 12.2. The summed E-state index contributed by atoms with van der Waals surface area (Å²) in [5, 5.41) is 0. The molecule has 2 rings (SSSR count). The van der Waals surface area contributed by atoms with Gasteiger partial charge in [-0.15, -0.1) is 0 Å².